The molecule has 0 amide bonds. The molecule has 4 heterocycles. The van der Waals surface area contributed by atoms with Gasteiger partial charge in [0.15, 0.2) is 15.7 Å². The summed E-state index contributed by atoms with van der Waals surface area (Å²) < 4.78 is 92.6. The van der Waals surface area contributed by atoms with Gasteiger partial charge in [0.1, 0.15) is 10.5 Å². The minimum Gasteiger partial charge on any atom is -0.325 e. The molecule has 0 aromatic carbocycles. The van der Waals surface area contributed by atoms with Crippen molar-refractivity contribution in [3.63, 3.8) is 0 Å². The lowest BCUT2D eigenvalue weighted by atomic mass is 10.2. The Kier molecular flexibility index (Phi) is 4.81. The Balaban J connectivity index is 1.99. The third kappa shape index (κ3) is 3.26. The zero-order valence-corrected chi connectivity index (χ0v) is 17.5. The molecule has 0 aliphatic carbocycles. The van der Waals surface area contributed by atoms with Gasteiger partial charge < -0.3 is 4.57 Å². The quantitative estimate of drug-likeness (QED) is 0.400. The van der Waals surface area contributed by atoms with Crippen LogP contribution >= 0.6 is 11.3 Å². The number of pyridine rings is 2. The number of alkyl halides is 5. The molecular formula is C18H13F5N4O2S2. The molecule has 0 unspecified atom stereocenters. The maximum absolute atomic E-state index is 13.7. The maximum atomic E-state index is 13.7. The Morgan fingerprint density at radius 3 is 2.52 bits per heavy atom. The lowest BCUT2D eigenvalue weighted by molar-refractivity contribution is -0.290. The van der Waals surface area contributed by atoms with Crippen molar-refractivity contribution >= 4 is 42.4 Å². The molecule has 13 heteroatoms. The van der Waals surface area contributed by atoms with E-state index < -0.39 is 27.6 Å². The van der Waals surface area contributed by atoms with Crippen LogP contribution in [0, 0.1) is 0 Å². The number of hydrogen-bond acceptors (Lipinski definition) is 6. The summed E-state index contributed by atoms with van der Waals surface area (Å²) in [6.07, 6.45) is -3.46. The largest absolute Gasteiger partial charge is 0.459 e. The summed E-state index contributed by atoms with van der Waals surface area (Å²) in [4.78, 5) is 12.3. The van der Waals surface area contributed by atoms with Gasteiger partial charge in [-0.2, -0.15) is 22.0 Å². The summed E-state index contributed by atoms with van der Waals surface area (Å²) >= 11 is 1.04. The van der Waals surface area contributed by atoms with E-state index >= 15 is 0 Å². The summed E-state index contributed by atoms with van der Waals surface area (Å²) in [5.74, 6) is -5.26. The van der Waals surface area contributed by atoms with Crippen LogP contribution in [0.25, 0.3) is 32.0 Å². The Morgan fingerprint density at radius 1 is 1.16 bits per heavy atom. The number of fused-ring (bicyclic) bond motifs is 2. The summed E-state index contributed by atoms with van der Waals surface area (Å²) in [6, 6.07) is 3.74. The molecular weight excluding hydrogens is 463 g/mol. The molecule has 0 radical (unpaired) electrons. The summed E-state index contributed by atoms with van der Waals surface area (Å²) in [5, 5.41) is 0.388. The lowest BCUT2D eigenvalue weighted by Gasteiger charge is -2.18. The molecule has 0 fully saturated rings. The first-order valence-electron chi connectivity index (χ1n) is 8.76. The highest BCUT2D eigenvalue weighted by molar-refractivity contribution is 7.92. The molecule has 164 valence electrons. The van der Waals surface area contributed by atoms with Crippen molar-refractivity contribution in [2.45, 2.75) is 23.9 Å². The number of hydrogen-bond donors (Lipinski definition) is 0. The molecule has 6 nitrogen and oxygen atoms in total. The van der Waals surface area contributed by atoms with Crippen LogP contribution in [-0.4, -0.2) is 39.9 Å². The van der Waals surface area contributed by atoms with E-state index in [2.05, 4.69) is 15.0 Å². The molecule has 0 saturated carbocycles. The van der Waals surface area contributed by atoms with Gasteiger partial charge in [-0.25, -0.2) is 18.4 Å². The Morgan fingerprint density at radius 2 is 1.87 bits per heavy atom. The van der Waals surface area contributed by atoms with Crippen molar-refractivity contribution in [3.05, 3.63) is 36.3 Å². The first-order chi connectivity index (χ1) is 14.4. The summed E-state index contributed by atoms with van der Waals surface area (Å²) in [5.41, 5.74) is -1.49. The van der Waals surface area contributed by atoms with Gasteiger partial charge in [-0.3, -0.25) is 4.98 Å². The van der Waals surface area contributed by atoms with Crippen LogP contribution in [0.5, 0.6) is 0 Å². The monoisotopic (exact) mass is 476 g/mol. The van der Waals surface area contributed by atoms with E-state index in [9.17, 15) is 30.4 Å². The number of imidazole rings is 1. The van der Waals surface area contributed by atoms with Crippen molar-refractivity contribution in [1.29, 1.82) is 0 Å². The fraction of sp³-hybridized carbons (Fsp3) is 0.278. The number of rotatable bonds is 4. The van der Waals surface area contributed by atoms with Gasteiger partial charge in [-0.1, -0.05) is 6.92 Å². The zero-order valence-electron chi connectivity index (χ0n) is 15.9. The van der Waals surface area contributed by atoms with Gasteiger partial charge in [0.2, 0.25) is 0 Å². The molecule has 0 bridgehead atoms. The normalized spacial score (nSPS) is 13.4. The van der Waals surface area contributed by atoms with Crippen molar-refractivity contribution in [2.75, 3.05) is 5.75 Å². The van der Waals surface area contributed by atoms with E-state index in [4.69, 9.17) is 0 Å². The van der Waals surface area contributed by atoms with Crippen LogP contribution in [0.2, 0.25) is 0 Å². The van der Waals surface area contributed by atoms with Crippen LogP contribution in [0.1, 0.15) is 12.6 Å². The van der Waals surface area contributed by atoms with E-state index in [1.807, 2.05) is 0 Å². The third-order valence-electron chi connectivity index (χ3n) is 4.76. The third-order valence-corrected chi connectivity index (χ3v) is 7.80. The van der Waals surface area contributed by atoms with Crippen LogP contribution < -0.4 is 0 Å². The van der Waals surface area contributed by atoms with Crippen molar-refractivity contribution in [2.24, 2.45) is 7.05 Å². The molecule has 0 atom stereocenters. The molecule has 0 aliphatic heterocycles. The molecule has 4 rings (SSSR count). The smallest absolute Gasteiger partial charge is 0.325 e. The fourth-order valence-electron chi connectivity index (χ4n) is 3.12. The topological polar surface area (TPSA) is 77.7 Å². The van der Waals surface area contributed by atoms with Crippen molar-refractivity contribution in [3.8, 4) is 10.7 Å². The molecule has 4 aromatic rings. The number of sulfone groups is 1. The number of thiophene rings is 1. The predicted molar refractivity (Wildman–Crippen MR) is 105 cm³/mol. The van der Waals surface area contributed by atoms with Gasteiger partial charge in [-0.05, 0) is 18.2 Å². The Labute approximate surface area is 176 Å². The fourth-order valence-corrected chi connectivity index (χ4v) is 5.92. The highest BCUT2D eigenvalue weighted by Crippen LogP contribution is 2.44. The van der Waals surface area contributed by atoms with Crippen molar-refractivity contribution in [1.82, 2.24) is 19.5 Å². The highest BCUT2D eigenvalue weighted by Gasteiger charge is 2.60. The minimum atomic E-state index is -5.81. The number of nitrogens with zero attached hydrogens (tertiary/aromatic N) is 4. The Hall–Kier alpha value is -2.67. The second kappa shape index (κ2) is 6.92. The lowest BCUT2D eigenvalue weighted by Crippen LogP contribution is -2.34. The molecule has 31 heavy (non-hydrogen) atoms. The second-order valence-electron chi connectivity index (χ2n) is 6.64. The summed E-state index contributed by atoms with van der Waals surface area (Å²) in [6.45, 7) is 1.48. The van der Waals surface area contributed by atoms with E-state index in [0.29, 0.717) is 16.3 Å². The molecule has 0 aliphatic rings. The number of aryl methyl sites for hydroxylation is 1. The highest BCUT2D eigenvalue weighted by atomic mass is 32.2. The zero-order chi connectivity index (χ0) is 22.8. The van der Waals surface area contributed by atoms with Crippen LogP contribution in [0.3, 0.4) is 0 Å². The van der Waals surface area contributed by atoms with Gasteiger partial charge in [-0.15, -0.1) is 11.3 Å². The van der Waals surface area contributed by atoms with Gasteiger partial charge in [0.05, 0.1) is 32.8 Å². The average molecular weight is 476 g/mol. The summed E-state index contributed by atoms with van der Waals surface area (Å²) in [7, 11) is -2.24. The average Bonchev–Trinajstić information content (AvgIpc) is 3.25. The molecule has 0 spiro atoms. The SMILES string of the molecule is CCS(=O)(=O)c1c(-c2nc3cc(C(F)(F)C(F)(F)F)ncc3n2C)sc2ncccc12. The van der Waals surface area contributed by atoms with E-state index in [1.165, 1.54) is 24.7 Å². The van der Waals surface area contributed by atoms with Crippen LogP contribution in [0.15, 0.2) is 35.5 Å². The minimum absolute atomic E-state index is 0.00434. The van der Waals surface area contributed by atoms with Gasteiger partial charge in [0, 0.05) is 18.6 Å². The standard InChI is InChI=1S/C18H13F5N4O2S2/c1-3-31(28,29)14-9-5-4-6-24-16(9)30-13(14)15-26-10-7-12(17(19,20)18(21,22)23)25-8-11(10)27(15)2/h4-8H,3H2,1-2H3. The van der Waals surface area contributed by atoms with Gasteiger partial charge in [0.25, 0.3) is 0 Å². The first-order valence-corrected chi connectivity index (χ1v) is 11.2. The van der Waals surface area contributed by atoms with Crippen LogP contribution in [0.4, 0.5) is 22.0 Å². The number of aromatic nitrogens is 4. The number of halogens is 5. The van der Waals surface area contributed by atoms with Crippen LogP contribution in [-0.2, 0) is 22.8 Å². The maximum Gasteiger partial charge on any atom is 0.459 e. The van der Waals surface area contributed by atoms with E-state index in [-0.39, 0.29) is 32.4 Å². The van der Waals surface area contributed by atoms with Gasteiger partial charge >= 0.3 is 12.1 Å². The molecule has 0 N–H and O–H groups in total. The Bertz CT molecular complexity index is 1420. The molecule has 0 saturated heterocycles. The second-order valence-corrected chi connectivity index (χ2v) is 9.86. The van der Waals surface area contributed by atoms with E-state index in [0.717, 1.165) is 17.5 Å². The van der Waals surface area contributed by atoms with E-state index in [1.54, 1.807) is 12.1 Å². The first kappa shape index (κ1) is 21.6. The van der Waals surface area contributed by atoms with Crippen molar-refractivity contribution < 1.29 is 30.4 Å². The predicted octanol–water partition coefficient (Wildman–Crippen LogP) is 4.69. The molecule has 4 aromatic heterocycles.